The Labute approximate surface area is 166 Å². The highest BCUT2D eigenvalue weighted by Gasteiger charge is 2.27. The van der Waals surface area contributed by atoms with Crippen molar-refractivity contribution in [2.45, 2.75) is 19.4 Å². The number of aromatic nitrogens is 1. The molecule has 2 aromatic carbocycles. The maximum Gasteiger partial charge on any atom is 0.307 e. The fourth-order valence-electron chi connectivity index (χ4n) is 3.15. The number of benzene rings is 2. The van der Waals surface area contributed by atoms with E-state index in [1.54, 1.807) is 43.3 Å². The number of halogens is 1. The predicted molar refractivity (Wildman–Crippen MR) is 106 cm³/mol. The first kappa shape index (κ1) is 19.6. The minimum absolute atomic E-state index is 0.147. The van der Waals surface area contributed by atoms with Crippen molar-refractivity contribution in [3.63, 3.8) is 0 Å². The van der Waals surface area contributed by atoms with Gasteiger partial charge in [-0.3, -0.25) is 14.4 Å². The molecule has 0 aliphatic rings. The lowest BCUT2D eigenvalue weighted by molar-refractivity contribution is -0.141. The van der Waals surface area contributed by atoms with E-state index in [1.165, 1.54) is 7.11 Å². The van der Waals surface area contributed by atoms with E-state index >= 15 is 0 Å². The van der Waals surface area contributed by atoms with Crippen molar-refractivity contribution in [2.75, 3.05) is 7.11 Å². The van der Waals surface area contributed by atoms with Gasteiger partial charge in [0.2, 0.25) is 0 Å². The van der Waals surface area contributed by atoms with Gasteiger partial charge in [-0.15, -0.1) is 0 Å². The Morgan fingerprint density at radius 3 is 2.50 bits per heavy atom. The highest BCUT2D eigenvalue weighted by atomic mass is 35.5. The van der Waals surface area contributed by atoms with Crippen molar-refractivity contribution >= 4 is 40.2 Å². The lowest BCUT2D eigenvalue weighted by Crippen LogP contribution is -2.36. The number of H-pyrrole nitrogens is 1. The van der Waals surface area contributed by atoms with E-state index in [1.807, 2.05) is 12.1 Å². The highest BCUT2D eigenvalue weighted by molar-refractivity contribution is 6.45. The van der Waals surface area contributed by atoms with Crippen LogP contribution in [0.25, 0.3) is 10.9 Å². The van der Waals surface area contributed by atoms with Gasteiger partial charge in [0.05, 0.1) is 25.1 Å². The maximum atomic E-state index is 12.9. The van der Waals surface area contributed by atoms with Crippen LogP contribution in [0.3, 0.4) is 0 Å². The molecule has 3 rings (SSSR count). The maximum absolute atomic E-state index is 12.9. The first-order valence-electron chi connectivity index (χ1n) is 8.66. The van der Waals surface area contributed by atoms with Gasteiger partial charge in [0, 0.05) is 21.6 Å². The van der Waals surface area contributed by atoms with Crippen molar-refractivity contribution in [1.29, 1.82) is 0 Å². The molecule has 28 heavy (non-hydrogen) atoms. The van der Waals surface area contributed by atoms with Crippen LogP contribution in [-0.4, -0.2) is 29.8 Å². The number of rotatable bonds is 6. The molecule has 0 fully saturated rings. The lowest BCUT2D eigenvalue weighted by atomic mass is 10.0. The molecule has 144 valence electrons. The van der Waals surface area contributed by atoms with E-state index < -0.39 is 23.7 Å². The summed E-state index contributed by atoms with van der Waals surface area (Å²) in [6, 6.07) is 13.3. The molecule has 7 heteroatoms. The Balaban J connectivity index is 1.91. The zero-order chi connectivity index (χ0) is 20.3. The standard InChI is InChI=1S/C21H19ClN2O4/c1-12-19(14-8-4-6-10-16(14)23-12)20(26)21(27)24-17(11-18(25)28-2)13-7-3-5-9-15(13)22/h3-10,17,23H,11H2,1-2H3,(H,24,27). The number of nitrogens with one attached hydrogen (secondary N) is 2. The molecule has 0 bridgehead atoms. The summed E-state index contributed by atoms with van der Waals surface area (Å²) in [6.45, 7) is 1.74. The summed E-state index contributed by atoms with van der Waals surface area (Å²) >= 11 is 6.22. The summed E-state index contributed by atoms with van der Waals surface area (Å²) in [5.74, 6) is -2.03. The monoisotopic (exact) mass is 398 g/mol. The van der Waals surface area contributed by atoms with Crippen LogP contribution in [0.2, 0.25) is 5.02 Å². The van der Waals surface area contributed by atoms with Crippen LogP contribution in [0.4, 0.5) is 0 Å². The van der Waals surface area contributed by atoms with Gasteiger partial charge in [0.1, 0.15) is 0 Å². The van der Waals surface area contributed by atoms with E-state index in [-0.39, 0.29) is 6.42 Å². The summed E-state index contributed by atoms with van der Waals surface area (Å²) < 4.78 is 4.71. The van der Waals surface area contributed by atoms with Crippen LogP contribution in [-0.2, 0) is 14.3 Å². The zero-order valence-electron chi connectivity index (χ0n) is 15.4. The van der Waals surface area contributed by atoms with Gasteiger partial charge in [-0.25, -0.2) is 0 Å². The molecule has 0 saturated carbocycles. The van der Waals surface area contributed by atoms with Crippen molar-refractivity contribution in [1.82, 2.24) is 10.3 Å². The second-order valence-electron chi connectivity index (χ2n) is 6.33. The molecule has 2 N–H and O–H groups in total. The largest absolute Gasteiger partial charge is 0.469 e. The topological polar surface area (TPSA) is 88.3 Å². The van der Waals surface area contributed by atoms with Crippen LogP contribution in [0.5, 0.6) is 0 Å². The number of para-hydroxylation sites is 1. The molecule has 0 radical (unpaired) electrons. The van der Waals surface area contributed by atoms with E-state index in [4.69, 9.17) is 16.3 Å². The number of fused-ring (bicyclic) bond motifs is 1. The zero-order valence-corrected chi connectivity index (χ0v) is 16.2. The highest BCUT2D eigenvalue weighted by Crippen LogP contribution is 2.27. The van der Waals surface area contributed by atoms with Crippen LogP contribution >= 0.6 is 11.6 Å². The minimum Gasteiger partial charge on any atom is -0.469 e. The van der Waals surface area contributed by atoms with Crippen LogP contribution in [0, 0.1) is 6.92 Å². The molecule has 6 nitrogen and oxygen atoms in total. The summed E-state index contributed by atoms with van der Waals surface area (Å²) in [5.41, 5.74) is 2.22. The van der Waals surface area contributed by atoms with Gasteiger partial charge in [-0.2, -0.15) is 0 Å². The third-order valence-corrected chi connectivity index (χ3v) is 4.86. The summed E-state index contributed by atoms with van der Waals surface area (Å²) in [7, 11) is 1.26. The van der Waals surface area contributed by atoms with Crippen molar-refractivity contribution in [3.05, 3.63) is 70.4 Å². The molecule has 1 atom stereocenters. The fourth-order valence-corrected chi connectivity index (χ4v) is 3.42. The van der Waals surface area contributed by atoms with E-state index in [0.29, 0.717) is 27.2 Å². The Hall–Kier alpha value is -3.12. The Morgan fingerprint density at radius 2 is 1.79 bits per heavy atom. The minimum atomic E-state index is -0.818. The number of aryl methyl sites for hydroxylation is 1. The summed E-state index contributed by atoms with van der Waals surface area (Å²) in [6.07, 6.45) is -0.147. The van der Waals surface area contributed by atoms with Gasteiger partial charge >= 0.3 is 5.97 Å². The van der Waals surface area contributed by atoms with Gasteiger partial charge in [-0.05, 0) is 24.6 Å². The van der Waals surface area contributed by atoms with Crippen molar-refractivity contribution in [3.8, 4) is 0 Å². The van der Waals surface area contributed by atoms with Crippen LogP contribution < -0.4 is 5.32 Å². The molecule has 1 unspecified atom stereocenters. The first-order chi connectivity index (χ1) is 13.4. The molecule has 0 spiro atoms. The second kappa shape index (κ2) is 8.27. The molecule has 0 aliphatic heterocycles. The number of ether oxygens (including phenoxy) is 1. The van der Waals surface area contributed by atoms with E-state index in [0.717, 1.165) is 5.52 Å². The number of esters is 1. The van der Waals surface area contributed by atoms with Crippen molar-refractivity contribution < 1.29 is 19.1 Å². The number of hydrogen-bond acceptors (Lipinski definition) is 4. The van der Waals surface area contributed by atoms with Gasteiger partial charge in [0.15, 0.2) is 0 Å². The second-order valence-corrected chi connectivity index (χ2v) is 6.73. The van der Waals surface area contributed by atoms with E-state index in [9.17, 15) is 14.4 Å². The number of hydrogen-bond donors (Lipinski definition) is 2. The SMILES string of the molecule is COC(=O)CC(NC(=O)C(=O)c1c(C)[nH]c2ccccc12)c1ccccc1Cl. The predicted octanol–water partition coefficient (Wildman–Crippen LogP) is 3.73. The molecular formula is C21H19ClN2O4. The third kappa shape index (κ3) is 3.92. The van der Waals surface area contributed by atoms with Gasteiger partial charge < -0.3 is 15.0 Å². The molecule has 0 aliphatic carbocycles. The Kier molecular flexibility index (Phi) is 5.80. The number of Topliss-reactive ketones (excluding diaryl/α,β-unsaturated/α-hetero) is 1. The number of methoxy groups -OCH3 is 1. The molecular weight excluding hydrogens is 380 g/mol. The van der Waals surface area contributed by atoms with Crippen LogP contribution in [0.15, 0.2) is 48.5 Å². The number of amides is 1. The quantitative estimate of drug-likeness (QED) is 0.376. The van der Waals surface area contributed by atoms with Crippen LogP contribution in [0.1, 0.15) is 34.1 Å². The number of aromatic amines is 1. The summed E-state index contributed by atoms with van der Waals surface area (Å²) in [4.78, 5) is 40.5. The Morgan fingerprint density at radius 1 is 1.11 bits per heavy atom. The first-order valence-corrected chi connectivity index (χ1v) is 9.04. The van der Waals surface area contributed by atoms with Gasteiger partial charge in [0.25, 0.3) is 11.7 Å². The number of carbonyl (C=O) groups is 3. The van der Waals surface area contributed by atoms with E-state index in [2.05, 4.69) is 10.3 Å². The third-order valence-electron chi connectivity index (χ3n) is 4.51. The molecule has 1 amide bonds. The molecule has 3 aromatic rings. The normalized spacial score (nSPS) is 11.8. The average Bonchev–Trinajstić information content (AvgIpc) is 3.02. The fraction of sp³-hybridized carbons (Fsp3) is 0.190. The molecule has 1 aromatic heterocycles. The number of ketones is 1. The average molecular weight is 399 g/mol. The number of carbonyl (C=O) groups excluding carboxylic acids is 3. The lowest BCUT2D eigenvalue weighted by Gasteiger charge is -2.19. The van der Waals surface area contributed by atoms with Gasteiger partial charge in [-0.1, -0.05) is 48.0 Å². The molecule has 0 saturated heterocycles. The summed E-state index contributed by atoms with van der Waals surface area (Å²) in [5, 5.41) is 3.68. The van der Waals surface area contributed by atoms with Crippen molar-refractivity contribution in [2.24, 2.45) is 0 Å². The molecule has 1 heterocycles. The Bertz CT molecular complexity index is 1060. The smallest absolute Gasteiger partial charge is 0.307 e.